The second kappa shape index (κ2) is 4.94. The van der Waals surface area contributed by atoms with Crippen molar-refractivity contribution in [1.29, 1.82) is 0 Å². The zero-order chi connectivity index (χ0) is 10.7. The summed E-state index contributed by atoms with van der Waals surface area (Å²) < 4.78 is 5.32. The summed E-state index contributed by atoms with van der Waals surface area (Å²) in [7, 11) is 0. The first-order valence-corrected chi connectivity index (χ1v) is 5.82. The topological polar surface area (TPSA) is 49.8 Å². The van der Waals surface area contributed by atoms with Gasteiger partial charge in [-0.1, -0.05) is 6.42 Å². The standard InChI is InChI=1S/C11H19NO3/c13-11(14)10-3-1-2-5-12(10)7-9-4-6-15-8-9/h9-10H,1-8H2,(H,13,14). The zero-order valence-electron chi connectivity index (χ0n) is 9.02. The minimum atomic E-state index is -0.659. The monoisotopic (exact) mass is 213 g/mol. The van der Waals surface area contributed by atoms with E-state index in [4.69, 9.17) is 9.84 Å². The number of hydrogen-bond donors (Lipinski definition) is 1. The number of likely N-dealkylation sites (tertiary alicyclic amines) is 1. The first-order valence-electron chi connectivity index (χ1n) is 5.82. The SMILES string of the molecule is O=C(O)C1CCCCN1CC1CCOC1. The van der Waals surface area contributed by atoms with Crippen molar-refractivity contribution < 1.29 is 14.6 Å². The molecule has 4 heteroatoms. The Morgan fingerprint density at radius 1 is 1.40 bits per heavy atom. The van der Waals surface area contributed by atoms with Gasteiger partial charge in [0.1, 0.15) is 6.04 Å². The summed E-state index contributed by atoms with van der Waals surface area (Å²) in [6.45, 7) is 3.49. The molecule has 0 aromatic rings. The third kappa shape index (κ3) is 2.69. The van der Waals surface area contributed by atoms with E-state index in [1.54, 1.807) is 0 Å². The Morgan fingerprint density at radius 3 is 2.93 bits per heavy atom. The highest BCUT2D eigenvalue weighted by Gasteiger charge is 2.30. The number of piperidine rings is 1. The summed E-state index contributed by atoms with van der Waals surface area (Å²) in [4.78, 5) is 13.2. The predicted octanol–water partition coefficient (Wildman–Crippen LogP) is 0.962. The summed E-state index contributed by atoms with van der Waals surface area (Å²) in [6, 6.07) is -0.251. The van der Waals surface area contributed by atoms with Crippen molar-refractivity contribution in [2.24, 2.45) is 5.92 Å². The number of ether oxygens (including phenoxy) is 1. The minimum absolute atomic E-state index is 0.251. The molecule has 2 aliphatic heterocycles. The van der Waals surface area contributed by atoms with Gasteiger partial charge in [-0.2, -0.15) is 0 Å². The smallest absolute Gasteiger partial charge is 0.320 e. The number of carboxylic acid groups (broad SMARTS) is 1. The Balaban J connectivity index is 1.89. The maximum atomic E-state index is 11.1. The second-order valence-corrected chi connectivity index (χ2v) is 4.57. The van der Waals surface area contributed by atoms with Gasteiger partial charge in [-0.15, -0.1) is 0 Å². The summed E-state index contributed by atoms with van der Waals surface area (Å²) >= 11 is 0. The van der Waals surface area contributed by atoms with Crippen LogP contribution in [-0.4, -0.2) is 48.3 Å². The van der Waals surface area contributed by atoms with Gasteiger partial charge in [-0.05, 0) is 31.7 Å². The molecule has 2 unspecified atom stereocenters. The third-order valence-electron chi connectivity index (χ3n) is 3.42. The Morgan fingerprint density at radius 2 is 2.27 bits per heavy atom. The Hall–Kier alpha value is -0.610. The predicted molar refractivity (Wildman–Crippen MR) is 55.8 cm³/mol. The highest BCUT2D eigenvalue weighted by molar-refractivity contribution is 5.73. The van der Waals surface area contributed by atoms with Crippen LogP contribution in [0.5, 0.6) is 0 Å². The van der Waals surface area contributed by atoms with Crippen LogP contribution >= 0.6 is 0 Å². The van der Waals surface area contributed by atoms with E-state index in [1.165, 1.54) is 0 Å². The fourth-order valence-corrected chi connectivity index (χ4v) is 2.55. The van der Waals surface area contributed by atoms with Crippen LogP contribution in [0.15, 0.2) is 0 Å². The van der Waals surface area contributed by atoms with Gasteiger partial charge in [0, 0.05) is 13.2 Å². The van der Waals surface area contributed by atoms with Crippen LogP contribution in [0.1, 0.15) is 25.7 Å². The molecule has 0 saturated carbocycles. The molecule has 0 aromatic heterocycles. The van der Waals surface area contributed by atoms with Crippen molar-refractivity contribution in [2.75, 3.05) is 26.3 Å². The number of rotatable bonds is 3. The van der Waals surface area contributed by atoms with Crippen molar-refractivity contribution in [2.45, 2.75) is 31.7 Å². The number of carboxylic acids is 1. The van der Waals surface area contributed by atoms with E-state index in [0.29, 0.717) is 5.92 Å². The van der Waals surface area contributed by atoms with Gasteiger partial charge >= 0.3 is 5.97 Å². The van der Waals surface area contributed by atoms with Crippen molar-refractivity contribution in [3.63, 3.8) is 0 Å². The molecule has 2 heterocycles. The Bertz CT molecular complexity index is 226. The second-order valence-electron chi connectivity index (χ2n) is 4.57. The molecule has 15 heavy (non-hydrogen) atoms. The summed E-state index contributed by atoms with van der Waals surface area (Å²) in [5.41, 5.74) is 0. The van der Waals surface area contributed by atoms with Crippen molar-refractivity contribution in [3.8, 4) is 0 Å². The first-order chi connectivity index (χ1) is 7.27. The van der Waals surface area contributed by atoms with Crippen LogP contribution in [0.25, 0.3) is 0 Å². The quantitative estimate of drug-likeness (QED) is 0.758. The molecule has 0 radical (unpaired) electrons. The zero-order valence-corrected chi connectivity index (χ0v) is 9.02. The van der Waals surface area contributed by atoms with E-state index < -0.39 is 5.97 Å². The van der Waals surface area contributed by atoms with Crippen LogP contribution in [-0.2, 0) is 9.53 Å². The van der Waals surface area contributed by atoms with E-state index in [2.05, 4.69) is 4.90 Å². The van der Waals surface area contributed by atoms with Crippen molar-refractivity contribution in [3.05, 3.63) is 0 Å². The van der Waals surface area contributed by atoms with E-state index >= 15 is 0 Å². The highest BCUT2D eigenvalue weighted by Crippen LogP contribution is 2.21. The van der Waals surface area contributed by atoms with Gasteiger partial charge in [0.2, 0.25) is 0 Å². The molecular weight excluding hydrogens is 194 g/mol. The number of carbonyl (C=O) groups is 1. The molecule has 0 spiro atoms. The molecule has 0 aromatic carbocycles. The fraction of sp³-hybridized carbons (Fsp3) is 0.909. The van der Waals surface area contributed by atoms with Crippen LogP contribution in [0, 0.1) is 5.92 Å². The molecular formula is C11H19NO3. The normalized spacial score (nSPS) is 33.1. The van der Waals surface area contributed by atoms with E-state index in [9.17, 15) is 4.79 Å². The summed E-state index contributed by atoms with van der Waals surface area (Å²) in [5.74, 6) is -0.112. The number of aliphatic carboxylic acids is 1. The van der Waals surface area contributed by atoms with Gasteiger partial charge in [0.25, 0.3) is 0 Å². The van der Waals surface area contributed by atoms with Gasteiger partial charge in [0.05, 0.1) is 6.61 Å². The van der Waals surface area contributed by atoms with Crippen LogP contribution in [0.2, 0.25) is 0 Å². The Kier molecular flexibility index (Phi) is 3.59. The molecule has 1 N–H and O–H groups in total. The van der Waals surface area contributed by atoms with Gasteiger partial charge in [-0.3, -0.25) is 9.69 Å². The first kappa shape index (κ1) is 10.9. The summed E-state index contributed by atoms with van der Waals surface area (Å²) in [5, 5.41) is 9.11. The molecule has 2 atom stereocenters. The lowest BCUT2D eigenvalue weighted by atomic mass is 9.99. The van der Waals surface area contributed by atoms with Gasteiger partial charge in [0.15, 0.2) is 0 Å². The molecule has 86 valence electrons. The molecule has 4 nitrogen and oxygen atoms in total. The lowest BCUT2D eigenvalue weighted by molar-refractivity contribution is -0.144. The lowest BCUT2D eigenvalue weighted by Gasteiger charge is -2.34. The largest absolute Gasteiger partial charge is 0.480 e. The molecule has 2 aliphatic rings. The number of hydrogen-bond acceptors (Lipinski definition) is 3. The summed E-state index contributed by atoms with van der Waals surface area (Å²) in [6.07, 6.45) is 4.08. The van der Waals surface area contributed by atoms with Gasteiger partial charge < -0.3 is 9.84 Å². The van der Waals surface area contributed by atoms with Gasteiger partial charge in [-0.25, -0.2) is 0 Å². The lowest BCUT2D eigenvalue weighted by Crippen LogP contribution is -2.46. The molecule has 2 rings (SSSR count). The Labute approximate surface area is 90.2 Å². The molecule has 0 amide bonds. The maximum absolute atomic E-state index is 11.1. The van der Waals surface area contributed by atoms with E-state index in [-0.39, 0.29) is 6.04 Å². The van der Waals surface area contributed by atoms with Crippen molar-refractivity contribution in [1.82, 2.24) is 4.90 Å². The van der Waals surface area contributed by atoms with E-state index in [0.717, 1.165) is 52.0 Å². The van der Waals surface area contributed by atoms with Crippen molar-refractivity contribution >= 4 is 5.97 Å². The van der Waals surface area contributed by atoms with Crippen LogP contribution < -0.4 is 0 Å². The number of nitrogens with zero attached hydrogens (tertiary/aromatic N) is 1. The van der Waals surface area contributed by atoms with Crippen LogP contribution in [0.4, 0.5) is 0 Å². The molecule has 0 bridgehead atoms. The average molecular weight is 213 g/mol. The fourth-order valence-electron chi connectivity index (χ4n) is 2.55. The minimum Gasteiger partial charge on any atom is -0.480 e. The third-order valence-corrected chi connectivity index (χ3v) is 3.42. The maximum Gasteiger partial charge on any atom is 0.320 e. The van der Waals surface area contributed by atoms with Crippen LogP contribution in [0.3, 0.4) is 0 Å². The van der Waals surface area contributed by atoms with E-state index in [1.807, 2.05) is 0 Å². The highest BCUT2D eigenvalue weighted by atomic mass is 16.5. The molecule has 0 aliphatic carbocycles. The molecule has 2 saturated heterocycles. The average Bonchev–Trinajstić information content (AvgIpc) is 2.71. The molecule has 2 fully saturated rings.